The molecule has 0 radical (unpaired) electrons. The smallest absolute Gasteiger partial charge is 0.273 e. The second kappa shape index (κ2) is 7.91. The van der Waals surface area contributed by atoms with Gasteiger partial charge in [0.15, 0.2) is 11.5 Å². The van der Waals surface area contributed by atoms with Crippen LogP contribution in [0.2, 0.25) is 5.02 Å². The minimum absolute atomic E-state index is 0.00628. The molecule has 1 aliphatic carbocycles. The van der Waals surface area contributed by atoms with Crippen molar-refractivity contribution >= 4 is 28.7 Å². The van der Waals surface area contributed by atoms with E-state index in [9.17, 15) is 9.18 Å². The molecule has 172 valence electrons. The van der Waals surface area contributed by atoms with E-state index in [1.807, 2.05) is 23.6 Å². The summed E-state index contributed by atoms with van der Waals surface area (Å²) in [5.41, 5.74) is 3.75. The van der Waals surface area contributed by atoms with Gasteiger partial charge in [-0.1, -0.05) is 22.9 Å². The summed E-state index contributed by atoms with van der Waals surface area (Å²) >= 11 is 5.88. The normalized spacial score (nSPS) is 14.7. The molecule has 0 spiro atoms. The molecule has 5 heterocycles. The maximum atomic E-state index is 14.4. The summed E-state index contributed by atoms with van der Waals surface area (Å²) in [6.45, 7) is 1.97. The molecular formula is C23H20ClFN8O. The van der Waals surface area contributed by atoms with Crippen LogP contribution in [0.3, 0.4) is 0 Å². The van der Waals surface area contributed by atoms with E-state index < -0.39 is 11.7 Å². The fourth-order valence-electron chi connectivity index (χ4n) is 4.06. The van der Waals surface area contributed by atoms with Crippen molar-refractivity contribution in [1.29, 1.82) is 0 Å². The van der Waals surface area contributed by atoms with E-state index in [4.69, 9.17) is 16.6 Å². The highest BCUT2D eigenvalue weighted by Gasteiger charge is 2.24. The molecule has 1 aliphatic rings. The third-order valence-corrected chi connectivity index (χ3v) is 6.49. The average molecular weight is 479 g/mol. The minimum atomic E-state index is -0.581. The maximum Gasteiger partial charge on any atom is 0.273 e. The largest absolute Gasteiger partial charge is 0.345 e. The summed E-state index contributed by atoms with van der Waals surface area (Å²) in [6, 6.07) is 5.39. The molecule has 5 aromatic heterocycles. The molecule has 1 atom stereocenters. The Balaban J connectivity index is 1.17. The monoisotopic (exact) mass is 478 g/mol. The van der Waals surface area contributed by atoms with Gasteiger partial charge in [0.05, 0.1) is 41.5 Å². The third kappa shape index (κ3) is 3.60. The van der Waals surface area contributed by atoms with E-state index in [1.165, 1.54) is 35.2 Å². The number of nitrogens with one attached hydrogen (secondary N) is 1. The Labute approximate surface area is 198 Å². The van der Waals surface area contributed by atoms with Crippen LogP contribution >= 0.6 is 11.6 Å². The van der Waals surface area contributed by atoms with Crippen LogP contribution in [0, 0.1) is 5.82 Å². The number of hydrogen-bond acceptors (Lipinski definition) is 5. The Hall–Kier alpha value is -3.79. The topological polar surface area (TPSA) is 94.4 Å². The highest BCUT2D eigenvalue weighted by molar-refractivity contribution is 6.31. The number of fused-ring (bicyclic) bond motifs is 2. The van der Waals surface area contributed by atoms with Gasteiger partial charge in [0.2, 0.25) is 0 Å². The first-order valence-electron chi connectivity index (χ1n) is 11.0. The molecule has 1 saturated carbocycles. The van der Waals surface area contributed by atoms with E-state index in [0.717, 1.165) is 11.3 Å². The second-order valence-corrected chi connectivity index (χ2v) is 8.94. The highest BCUT2D eigenvalue weighted by atomic mass is 35.5. The van der Waals surface area contributed by atoms with Gasteiger partial charge in [0, 0.05) is 18.6 Å². The van der Waals surface area contributed by atoms with E-state index >= 15 is 0 Å². The van der Waals surface area contributed by atoms with Crippen molar-refractivity contribution in [1.82, 2.24) is 39.1 Å². The van der Waals surface area contributed by atoms with Crippen LogP contribution in [0.25, 0.3) is 11.2 Å². The molecule has 9 nitrogen and oxygen atoms in total. The van der Waals surface area contributed by atoms with Crippen molar-refractivity contribution in [3.8, 4) is 0 Å². The number of aromatic nitrogens is 7. The van der Waals surface area contributed by atoms with Crippen molar-refractivity contribution in [2.75, 3.05) is 0 Å². The Morgan fingerprint density at radius 3 is 2.91 bits per heavy atom. The van der Waals surface area contributed by atoms with Crippen LogP contribution in [-0.2, 0) is 6.54 Å². The third-order valence-electron chi connectivity index (χ3n) is 6.19. The molecule has 5 aromatic rings. The molecule has 11 heteroatoms. The van der Waals surface area contributed by atoms with Gasteiger partial charge in [-0.15, -0.1) is 5.10 Å². The van der Waals surface area contributed by atoms with Crippen molar-refractivity contribution in [2.45, 2.75) is 38.3 Å². The number of amides is 1. The van der Waals surface area contributed by atoms with E-state index in [0.29, 0.717) is 11.6 Å². The summed E-state index contributed by atoms with van der Waals surface area (Å²) in [5.74, 6) is -0.355. The van der Waals surface area contributed by atoms with Crippen LogP contribution in [0.15, 0.2) is 49.3 Å². The number of nitrogens with zero attached hydrogens (tertiary/aromatic N) is 7. The van der Waals surface area contributed by atoms with Gasteiger partial charge in [-0.2, -0.15) is 0 Å². The number of carbonyl (C=O) groups excluding carboxylic acids is 1. The van der Waals surface area contributed by atoms with Crippen molar-refractivity contribution in [2.24, 2.45) is 0 Å². The van der Waals surface area contributed by atoms with Gasteiger partial charge in [0.1, 0.15) is 11.2 Å². The summed E-state index contributed by atoms with van der Waals surface area (Å²) in [6.07, 6.45) is 11.2. The van der Waals surface area contributed by atoms with E-state index in [1.54, 1.807) is 17.1 Å². The van der Waals surface area contributed by atoms with E-state index in [2.05, 4.69) is 32.9 Å². The lowest BCUT2D eigenvalue weighted by molar-refractivity contribution is 0.0945. The van der Waals surface area contributed by atoms with Crippen molar-refractivity contribution < 1.29 is 9.18 Å². The summed E-state index contributed by atoms with van der Waals surface area (Å²) < 4.78 is 19.5. The first kappa shape index (κ1) is 20.8. The van der Waals surface area contributed by atoms with Gasteiger partial charge in [0.25, 0.3) is 5.91 Å². The average Bonchev–Trinajstić information content (AvgIpc) is 3.24. The number of carbonyl (C=O) groups is 1. The van der Waals surface area contributed by atoms with Gasteiger partial charge in [-0.05, 0) is 43.4 Å². The van der Waals surface area contributed by atoms with Crippen molar-refractivity contribution in [3.05, 3.63) is 82.8 Å². The first-order chi connectivity index (χ1) is 16.5. The molecule has 1 unspecified atom stereocenters. The molecule has 0 aliphatic heterocycles. The quantitative estimate of drug-likeness (QED) is 0.401. The zero-order valence-corrected chi connectivity index (χ0v) is 18.9. The fourth-order valence-corrected chi connectivity index (χ4v) is 4.21. The molecule has 6 rings (SSSR count). The number of rotatable bonds is 6. The van der Waals surface area contributed by atoms with Crippen LogP contribution in [0.4, 0.5) is 4.39 Å². The maximum absolute atomic E-state index is 14.4. The molecule has 0 aromatic carbocycles. The lowest BCUT2D eigenvalue weighted by Crippen LogP contribution is -2.23. The lowest BCUT2D eigenvalue weighted by Gasteiger charge is -2.07. The summed E-state index contributed by atoms with van der Waals surface area (Å²) in [4.78, 5) is 21.5. The predicted octanol–water partition coefficient (Wildman–Crippen LogP) is 3.78. The lowest BCUT2D eigenvalue weighted by atomic mass is 10.2. The van der Waals surface area contributed by atoms with Crippen LogP contribution in [0.5, 0.6) is 0 Å². The van der Waals surface area contributed by atoms with E-state index in [-0.39, 0.29) is 28.8 Å². The van der Waals surface area contributed by atoms with Gasteiger partial charge in [-0.3, -0.25) is 4.79 Å². The molecule has 0 bridgehead atoms. The predicted molar refractivity (Wildman–Crippen MR) is 122 cm³/mol. The molecule has 1 amide bonds. The van der Waals surface area contributed by atoms with Crippen LogP contribution in [0.1, 0.15) is 59.2 Å². The molecular weight excluding hydrogens is 459 g/mol. The van der Waals surface area contributed by atoms with Gasteiger partial charge in [-0.25, -0.2) is 19.0 Å². The van der Waals surface area contributed by atoms with Gasteiger partial charge < -0.3 is 14.1 Å². The molecule has 0 saturated heterocycles. The minimum Gasteiger partial charge on any atom is -0.345 e. The number of halogens is 2. The molecule has 1 fully saturated rings. The van der Waals surface area contributed by atoms with Crippen LogP contribution in [-0.4, -0.2) is 39.7 Å². The summed E-state index contributed by atoms with van der Waals surface area (Å²) in [7, 11) is 0. The fraction of sp³-hybridized carbons (Fsp3) is 0.261. The zero-order valence-electron chi connectivity index (χ0n) is 18.2. The zero-order chi connectivity index (χ0) is 23.4. The number of pyridine rings is 2. The SMILES string of the molecule is CC(c1cn2cc(C3CC3)ccc2n1)n1cc(C(=O)NCc2ncn3ccc(Cl)c(F)c23)nn1. The Morgan fingerprint density at radius 1 is 1.24 bits per heavy atom. The Bertz CT molecular complexity index is 1550. The first-order valence-corrected chi connectivity index (χ1v) is 11.3. The Kier molecular flexibility index (Phi) is 4.84. The van der Waals surface area contributed by atoms with Crippen LogP contribution < -0.4 is 5.32 Å². The standard InChI is InChI=1S/C23H20ClFN8O/c1-13(18-10-32-9-15(14-2-3-14)4-5-20(32)28-18)33-11-19(29-30-33)23(34)26-8-17-22-21(25)16(24)6-7-31(22)12-27-17/h4-7,9-14H,2-3,8H2,1H3,(H,26,34). The highest BCUT2D eigenvalue weighted by Crippen LogP contribution is 2.40. The Morgan fingerprint density at radius 2 is 2.09 bits per heavy atom. The molecule has 1 N–H and O–H groups in total. The second-order valence-electron chi connectivity index (χ2n) is 8.54. The van der Waals surface area contributed by atoms with Gasteiger partial charge >= 0.3 is 0 Å². The number of imidazole rings is 2. The number of hydrogen-bond donors (Lipinski definition) is 1. The summed E-state index contributed by atoms with van der Waals surface area (Å²) in [5, 5.41) is 10.8. The van der Waals surface area contributed by atoms with Crippen molar-refractivity contribution in [3.63, 3.8) is 0 Å². The molecule has 34 heavy (non-hydrogen) atoms.